The van der Waals surface area contributed by atoms with Crippen LogP contribution in [0, 0.1) is 5.92 Å². The SMILES string of the molecule is CCC1CCc2nc(NC(=O)C(N)COC)sc2C1. The first-order valence-corrected chi connectivity index (χ1v) is 7.49. The number of anilines is 1. The monoisotopic (exact) mass is 283 g/mol. The Morgan fingerprint density at radius 1 is 1.68 bits per heavy atom. The fourth-order valence-corrected chi connectivity index (χ4v) is 3.42. The van der Waals surface area contributed by atoms with Crippen LogP contribution in [0.1, 0.15) is 30.3 Å². The second-order valence-electron chi connectivity index (χ2n) is 4.96. The number of nitrogens with two attached hydrogens (primary N) is 1. The minimum atomic E-state index is -0.644. The van der Waals surface area contributed by atoms with Crippen LogP contribution in [0.25, 0.3) is 0 Å². The van der Waals surface area contributed by atoms with Gasteiger partial charge in [0.05, 0.1) is 12.3 Å². The summed E-state index contributed by atoms with van der Waals surface area (Å²) in [5.41, 5.74) is 6.82. The number of thiazole rings is 1. The Balaban J connectivity index is 1.99. The molecule has 6 heteroatoms. The predicted molar refractivity (Wildman–Crippen MR) is 76.4 cm³/mol. The molecule has 0 bridgehead atoms. The molecule has 0 spiro atoms. The minimum Gasteiger partial charge on any atom is -0.383 e. The third kappa shape index (κ3) is 3.52. The molecule has 0 aromatic carbocycles. The van der Waals surface area contributed by atoms with Crippen LogP contribution in [0.2, 0.25) is 0 Å². The van der Waals surface area contributed by atoms with Crippen molar-refractivity contribution < 1.29 is 9.53 Å². The quantitative estimate of drug-likeness (QED) is 0.860. The van der Waals surface area contributed by atoms with E-state index in [1.807, 2.05) is 0 Å². The van der Waals surface area contributed by atoms with E-state index < -0.39 is 6.04 Å². The molecule has 1 aromatic heterocycles. The van der Waals surface area contributed by atoms with Gasteiger partial charge in [-0.25, -0.2) is 4.98 Å². The van der Waals surface area contributed by atoms with Gasteiger partial charge in [-0.2, -0.15) is 0 Å². The molecule has 3 N–H and O–H groups in total. The number of rotatable bonds is 5. The van der Waals surface area contributed by atoms with E-state index in [-0.39, 0.29) is 12.5 Å². The van der Waals surface area contributed by atoms with Crippen LogP contribution in [-0.4, -0.2) is 30.6 Å². The third-order valence-electron chi connectivity index (χ3n) is 3.53. The largest absolute Gasteiger partial charge is 0.383 e. The lowest BCUT2D eigenvalue weighted by Crippen LogP contribution is -2.39. The fraction of sp³-hybridized carbons (Fsp3) is 0.692. The Morgan fingerprint density at radius 3 is 3.16 bits per heavy atom. The molecule has 0 aliphatic heterocycles. The van der Waals surface area contributed by atoms with Crippen molar-refractivity contribution in [2.75, 3.05) is 19.0 Å². The van der Waals surface area contributed by atoms with Gasteiger partial charge in [0.15, 0.2) is 5.13 Å². The molecule has 1 aromatic rings. The number of carbonyl (C=O) groups excluding carboxylic acids is 1. The summed E-state index contributed by atoms with van der Waals surface area (Å²) in [5.74, 6) is 0.521. The zero-order chi connectivity index (χ0) is 13.8. The van der Waals surface area contributed by atoms with E-state index in [9.17, 15) is 4.79 Å². The van der Waals surface area contributed by atoms with Crippen LogP contribution >= 0.6 is 11.3 Å². The highest BCUT2D eigenvalue weighted by Gasteiger charge is 2.22. The van der Waals surface area contributed by atoms with E-state index in [0.29, 0.717) is 5.13 Å². The molecular formula is C13H21N3O2S. The van der Waals surface area contributed by atoms with Gasteiger partial charge in [0, 0.05) is 12.0 Å². The second kappa shape index (κ2) is 6.45. The molecule has 0 fully saturated rings. The molecule has 1 aliphatic carbocycles. The Labute approximate surface area is 117 Å². The molecular weight excluding hydrogens is 262 g/mol. The molecule has 1 amide bonds. The Bertz CT molecular complexity index is 447. The van der Waals surface area contributed by atoms with E-state index in [2.05, 4.69) is 17.2 Å². The van der Waals surface area contributed by atoms with Crippen molar-refractivity contribution in [1.29, 1.82) is 0 Å². The summed E-state index contributed by atoms with van der Waals surface area (Å²) in [7, 11) is 1.53. The van der Waals surface area contributed by atoms with Gasteiger partial charge in [0.25, 0.3) is 0 Å². The minimum absolute atomic E-state index is 0.217. The van der Waals surface area contributed by atoms with Gasteiger partial charge in [0.2, 0.25) is 5.91 Å². The van der Waals surface area contributed by atoms with Gasteiger partial charge < -0.3 is 15.8 Å². The average Bonchev–Trinajstić information content (AvgIpc) is 2.79. The number of aromatic nitrogens is 1. The zero-order valence-corrected chi connectivity index (χ0v) is 12.3. The number of hydrogen-bond donors (Lipinski definition) is 2. The van der Waals surface area contributed by atoms with Gasteiger partial charge in [-0.3, -0.25) is 4.79 Å². The normalized spacial score (nSPS) is 19.8. The molecule has 1 heterocycles. The standard InChI is InChI=1S/C13H21N3O2S/c1-3-8-4-5-10-11(6-8)19-13(15-10)16-12(17)9(14)7-18-2/h8-9H,3-7,14H2,1-2H3,(H,15,16,17). The van der Waals surface area contributed by atoms with Crippen molar-refractivity contribution in [3.05, 3.63) is 10.6 Å². The van der Waals surface area contributed by atoms with Gasteiger partial charge in [-0.1, -0.05) is 13.3 Å². The van der Waals surface area contributed by atoms with E-state index in [1.54, 1.807) is 11.3 Å². The van der Waals surface area contributed by atoms with Crippen LogP contribution in [-0.2, 0) is 22.4 Å². The maximum atomic E-state index is 11.8. The van der Waals surface area contributed by atoms with Gasteiger partial charge in [0.1, 0.15) is 6.04 Å². The van der Waals surface area contributed by atoms with Crippen molar-refractivity contribution in [2.24, 2.45) is 11.7 Å². The van der Waals surface area contributed by atoms with Crippen LogP contribution in [0.3, 0.4) is 0 Å². The molecule has 5 nitrogen and oxygen atoms in total. The molecule has 0 saturated heterocycles. The molecule has 0 saturated carbocycles. The number of nitrogens with zero attached hydrogens (tertiary/aromatic N) is 1. The first kappa shape index (κ1) is 14.4. The number of aryl methyl sites for hydroxylation is 1. The van der Waals surface area contributed by atoms with E-state index in [1.165, 1.54) is 24.8 Å². The van der Waals surface area contributed by atoms with E-state index >= 15 is 0 Å². The average molecular weight is 283 g/mol. The predicted octanol–water partition coefficient (Wildman–Crippen LogP) is 1.57. The topological polar surface area (TPSA) is 77.2 Å². The number of amides is 1. The number of ether oxygens (including phenoxy) is 1. The summed E-state index contributed by atoms with van der Waals surface area (Å²) in [4.78, 5) is 17.6. The molecule has 2 atom stereocenters. The molecule has 2 rings (SSSR count). The Morgan fingerprint density at radius 2 is 2.47 bits per heavy atom. The van der Waals surface area contributed by atoms with E-state index in [0.717, 1.165) is 24.5 Å². The Kier molecular flexibility index (Phi) is 4.90. The lowest BCUT2D eigenvalue weighted by molar-refractivity contribution is -0.118. The maximum absolute atomic E-state index is 11.8. The summed E-state index contributed by atoms with van der Waals surface area (Å²) in [6.07, 6.45) is 4.51. The summed E-state index contributed by atoms with van der Waals surface area (Å²) >= 11 is 1.58. The van der Waals surface area contributed by atoms with Gasteiger partial charge >= 0.3 is 0 Å². The van der Waals surface area contributed by atoms with Crippen LogP contribution < -0.4 is 11.1 Å². The summed E-state index contributed by atoms with van der Waals surface area (Å²) < 4.78 is 4.87. The summed E-state index contributed by atoms with van der Waals surface area (Å²) in [5, 5.41) is 3.45. The molecule has 2 unspecified atom stereocenters. The van der Waals surface area contributed by atoms with Gasteiger partial charge in [-0.05, 0) is 25.2 Å². The van der Waals surface area contributed by atoms with Gasteiger partial charge in [-0.15, -0.1) is 11.3 Å². The van der Waals surface area contributed by atoms with Crippen LogP contribution in [0.5, 0.6) is 0 Å². The van der Waals surface area contributed by atoms with Crippen molar-refractivity contribution in [3.63, 3.8) is 0 Å². The van der Waals surface area contributed by atoms with Crippen molar-refractivity contribution in [1.82, 2.24) is 4.98 Å². The smallest absolute Gasteiger partial charge is 0.245 e. The zero-order valence-electron chi connectivity index (χ0n) is 11.4. The van der Waals surface area contributed by atoms with Crippen molar-refractivity contribution in [2.45, 2.75) is 38.6 Å². The lowest BCUT2D eigenvalue weighted by Gasteiger charge is -2.18. The Hall–Kier alpha value is -0.980. The molecule has 106 valence electrons. The first-order chi connectivity index (χ1) is 9.13. The van der Waals surface area contributed by atoms with Crippen molar-refractivity contribution >= 4 is 22.4 Å². The second-order valence-corrected chi connectivity index (χ2v) is 6.04. The number of fused-ring (bicyclic) bond motifs is 1. The first-order valence-electron chi connectivity index (χ1n) is 6.68. The number of carbonyl (C=O) groups is 1. The summed E-state index contributed by atoms with van der Waals surface area (Å²) in [6, 6.07) is -0.644. The fourth-order valence-electron chi connectivity index (χ4n) is 2.30. The van der Waals surface area contributed by atoms with Crippen LogP contribution in [0.15, 0.2) is 0 Å². The molecule has 0 radical (unpaired) electrons. The highest BCUT2D eigenvalue weighted by Crippen LogP contribution is 2.33. The summed E-state index contributed by atoms with van der Waals surface area (Å²) in [6.45, 7) is 2.44. The molecule has 19 heavy (non-hydrogen) atoms. The highest BCUT2D eigenvalue weighted by molar-refractivity contribution is 7.15. The van der Waals surface area contributed by atoms with Crippen LogP contribution in [0.4, 0.5) is 5.13 Å². The molecule has 1 aliphatic rings. The maximum Gasteiger partial charge on any atom is 0.245 e. The number of methoxy groups -OCH3 is 1. The van der Waals surface area contributed by atoms with E-state index in [4.69, 9.17) is 10.5 Å². The number of nitrogens with one attached hydrogen (secondary N) is 1. The lowest BCUT2D eigenvalue weighted by atomic mass is 9.89. The third-order valence-corrected chi connectivity index (χ3v) is 4.57. The highest BCUT2D eigenvalue weighted by atomic mass is 32.1. The van der Waals surface area contributed by atoms with Crippen molar-refractivity contribution in [3.8, 4) is 0 Å². The number of hydrogen-bond acceptors (Lipinski definition) is 5.